The minimum absolute atomic E-state index is 0.211. The molecule has 0 aliphatic carbocycles. The Morgan fingerprint density at radius 3 is 2.35 bits per heavy atom. The Morgan fingerprint density at radius 2 is 1.73 bits per heavy atom. The normalized spacial score (nSPS) is 10.5. The molecule has 0 unspecified atom stereocenters. The first kappa shape index (κ1) is 19.2. The molecule has 2 rings (SSSR count). The lowest BCUT2D eigenvalue weighted by Gasteiger charge is -2.11. The summed E-state index contributed by atoms with van der Waals surface area (Å²) in [4.78, 5) is 35.5. The van der Waals surface area contributed by atoms with E-state index in [0.29, 0.717) is 12.3 Å². The molecule has 0 atom stereocenters. The minimum atomic E-state index is -0.709. The average molecular weight is 358 g/mol. The maximum Gasteiger partial charge on any atom is 0.342 e. The Bertz CT molecular complexity index is 817. The van der Waals surface area contributed by atoms with Crippen molar-refractivity contribution in [3.8, 4) is 5.75 Å². The summed E-state index contributed by atoms with van der Waals surface area (Å²) in [5.74, 6) is -0.803. The topological polar surface area (TPSA) is 93.7 Å². The van der Waals surface area contributed by atoms with Crippen molar-refractivity contribution in [1.82, 2.24) is 10.6 Å². The Hall–Kier alpha value is -3.09. The summed E-state index contributed by atoms with van der Waals surface area (Å²) in [5.41, 5.74) is 0.211. The quantitative estimate of drug-likeness (QED) is 0.774. The van der Waals surface area contributed by atoms with E-state index in [9.17, 15) is 14.4 Å². The standard InChI is InChI=1S/C19H22N2O5/c1-12(2)10-20-19(24)21-17(22)11-26-18(23)15-8-13-6-4-5-7-14(13)9-16(15)25-3/h4-9,12H,10-11H2,1-3H3,(H2,20,21,22,24). The van der Waals surface area contributed by atoms with Crippen molar-refractivity contribution < 1.29 is 23.9 Å². The molecule has 0 heterocycles. The lowest BCUT2D eigenvalue weighted by Crippen LogP contribution is -2.42. The van der Waals surface area contributed by atoms with Crippen LogP contribution in [0.2, 0.25) is 0 Å². The summed E-state index contributed by atoms with van der Waals surface area (Å²) in [7, 11) is 1.45. The van der Waals surface area contributed by atoms with E-state index in [2.05, 4.69) is 10.6 Å². The van der Waals surface area contributed by atoms with Gasteiger partial charge in [0.25, 0.3) is 5.91 Å². The van der Waals surface area contributed by atoms with Crippen LogP contribution in [0, 0.1) is 5.92 Å². The summed E-state index contributed by atoms with van der Waals surface area (Å²) >= 11 is 0. The number of hydrogen-bond donors (Lipinski definition) is 2. The fourth-order valence-corrected chi connectivity index (χ4v) is 2.26. The second kappa shape index (κ2) is 8.84. The van der Waals surface area contributed by atoms with E-state index in [1.165, 1.54) is 7.11 Å². The predicted octanol–water partition coefficient (Wildman–Crippen LogP) is 2.49. The number of ether oxygens (including phenoxy) is 2. The predicted molar refractivity (Wildman–Crippen MR) is 97.2 cm³/mol. The second-order valence-electron chi connectivity index (χ2n) is 6.13. The number of rotatable bonds is 6. The van der Waals surface area contributed by atoms with Gasteiger partial charge in [-0.2, -0.15) is 0 Å². The molecule has 0 aliphatic heterocycles. The second-order valence-corrected chi connectivity index (χ2v) is 6.13. The zero-order chi connectivity index (χ0) is 19.1. The van der Waals surface area contributed by atoms with Gasteiger partial charge in [0.05, 0.1) is 7.11 Å². The fraction of sp³-hybridized carbons (Fsp3) is 0.316. The van der Waals surface area contributed by atoms with Crippen LogP contribution < -0.4 is 15.4 Å². The van der Waals surface area contributed by atoms with Gasteiger partial charge in [0, 0.05) is 6.54 Å². The molecule has 7 nitrogen and oxygen atoms in total. The SMILES string of the molecule is COc1cc2ccccc2cc1C(=O)OCC(=O)NC(=O)NCC(C)C. The van der Waals surface area contributed by atoms with Gasteiger partial charge < -0.3 is 14.8 Å². The molecule has 2 aromatic carbocycles. The fourth-order valence-electron chi connectivity index (χ4n) is 2.26. The molecule has 2 N–H and O–H groups in total. The van der Waals surface area contributed by atoms with Crippen LogP contribution in [-0.4, -0.2) is 38.2 Å². The highest BCUT2D eigenvalue weighted by molar-refractivity contribution is 6.00. The van der Waals surface area contributed by atoms with Crippen molar-refractivity contribution >= 4 is 28.7 Å². The van der Waals surface area contributed by atoms with E-state index in [1.807, 2.05) is 38.1 Å². The summed E-state index contributed by atoms with van der Waals surface area (Å²) in [6.07, 6.45) is 0. The molecule has 0 fully saturated rings. The van der Waals surface area contributed by atoms with Crippen LogP contribution in [0.15, 0.2) is 36.4 Å². The van der Waals surface area contributed by atoms with Crippen LogP contribution in [0.4, 0.5) is 4.79 Å². The van der Waals surface area contributed by atoms with Gasteiger partial charge in [0.15, 0.2) is 6.61 Å². The van der Waals surface area contributed by atoms with Crippen LogP contribution in [0.5, 0.6) is 5.75 Å². The highest BCUT2D eigenvalue weighted by Gasteiger charge is 2.17. The third kappa shape index (κ3) is 5.20. The molecular weight excluding hydrogens is 336 g/mol. The van der Waals surface area contributed by atoms with E-state index in [4.69, 9.17) is 9.47 Å². The van der Waals surface area contributed by atoms with Gasteiger partial charge in [0.1, 0.15) is 11.3 Å². The summed E-state index contributed by atoms with van der Waals surface area (Å²) in [6, 6.07) is 10.2. The van der Waals surface area contributed by atoms with Gasteiger partial charge in [-0.15, -0.1) is 0 Å². The highest BCUT2D eigenvalue weighted by Crippen LogP contribution is 2.26. The Kier molecular flexibility index (Phi) is 6.54. The first-order valence-electron chi connectivity index (χ1n) is 8.22. The zero-order valence-electron chi connectivity index (χ0n) is 15.0. The van der Waals surface area contributed by atoms with Crippen LogP contribution in [0.1, 0.15) is 24.2 Å². The van der Waals surface area contributed by atoms with E-state index < -0.39 is 24.5 Å². The summed E-state index contributed by atoms with van der Waals surface area (Å²) < 4.78 is 10.2. The zero-order valence-corrected chi connectivity index (χ0v) is 15.0. The van der Waals surface area contributed by atoms with E-state index in [-0.39, 0.29) is 11.5 Å². The molecule has 0 aromatic heterocycles. The van der Waals surface area contributed by atoms with Crippen molar-refractivity contribution in [2.24, 2.45) is 5.92 Å². The van der Waals surface area contributed by atoms with Crippen LogP contribution in [0.3, 0.4) is 0 Å². The molecule has 0 saturated heterocycles. The number of hydrogen-bond acceptors (Lipinski definition) is 5. The van der Waals surface area contributed by atoms with Crippen LogP contribution >= 0.6 is 0 Å². The number of urea groups is 1. The number of methoxy groups -OCH3 is 1. The molecular formula is C19H22N2O5. The minimum Gasteiger partial charge on any atom is -0.496 e. The number of amides is 3. The monoisotopic (exact) mass is 358 g/mol. The summed E-state index contributed by atoms with van der Waals surface area (Å²) in [5, 5.41) is 6.40. The number of esters is 1. The van der Waals surface area contributed by atoms with Crippen molar-refractivity contribution in [2.75, 3.05) is 20.3 Å². The Labute approximate surface area is 151 Å². The van der Waals surface area contributed by atoms with Gasteiger partial charge in [-0.1, -0.05) is 38.1 Å². The Morgan fingerprint density at radius 1 is 1.08 bits per heavy atom. The maximum atomic E-state index is 12.3. The first-order valence-corrected chi connectivity index (χ1v) is 8.22. The largest absolute Gasteiger partial charge is 0.496 e. The van der Waals surface area contributed by atoms with E-state index in [0.717, 1.165) is 10.8 Å². The molecule has 0 saturated carbocycles. The van der Waals surface area contributed by atoms with Gasteiger partial charge >= 0.3 is 12.0 Å². The molecule has 7 heteroatoms. The van der Waals surface area contributed by atoms with Crippen molar-refractivity contribution in [3.63, 3.8) is 0 Å². The van der Waals surface area contributed by atoms with Crippen LogP contribution in [-0.2, 0) is 9.53 Å². The van der Waals surface area contributed by atoms with Gasteiger partial charge in [-0.25, -0.2) is 9.59 Å². The third-order valence-corrected chi connectivity index (χ3v) is 3.55. The van der Waals surface area contributed by atoms with Crippen molar-refractivity contribution in [3.05, 3.63) is 42.0 Å². The number of carbonyl (C=O) groups is 3. The van der Waals surface area contributed by atoms with Gasteiger partial charge in [-0.3, -0.25) is 10.1 Å². The number of fused-ring (bicyclic) bond motifs is 1. The van der Waals surface area contributed by atoms with Gasteiger partial charge in [-0.05, 0) is 28.8 Å². The molecule has 0 aliphatic rings. The molecule has 138 valence electrons. The lowest BCUT2D eigenvalue weighted by molar-refractivity contribution is -0.123. The average Bonchev–Trinajstić information content (AvgIpc) is 2.63. The molecule has 26 heavy (non-hydrogen) atoms. The molecule has 0 bridgehead atoms. The molecule has 0 spiro atoms. The number of imide groups is 1. The first-order chi connectivity index (χ1) is 12.4. The molecule has 3 amide bonds. The Balaban J connectivity index is 1.98. The van der Waals surface area contributed by atoms with Gasteiger partial charge in [0.2, 0.25) is 0 Å². The van der Waals surface area contributed by atoms with Crippen molar-refractivity contribution in [2.45, 2.75) is 13.8 Å². The number of benzene rings is 2. The third-order valence-electron chi connectivity index (χ3n) is 3.55. The maximum absolute atomic E-state index is 12.3. The van der Waals surface area contributed by atoms with Crippen LogP contribution in [0.25, 0.3) is 10.8 Å². The molecule has 2 aromatic rings. The smallest absolute Gasteiger partial charge is 0.342 e. The number of nitrogens with one attached hydrogen (secondary N) is 2. The van der Waals surface area contributed by atoms with Crippen molar-refractivity contribution in [1.29, 1.82) is 0 Å². The number of carbonyl (C=O) groups excluding carboxylic acids is 3. The molecule has 0 radical (unpaired) electrons. The summed E-state index contributed by atoms with van der Waals surface area (Å²) in [6.45, 7) is 3.73. The van der Waals surface area contributed by atoms with E-state index in [1.54, 1.807) is 12.1 Å². The highest BCUT2D eigenvalue weighted by atomic mass is 16.5. The lowest BCUT2D eigenvalue weighted by atomic mass is 10.1. The van der Waals surface area contributed by atoms with E-state index >= 15 is 0 Å².